The van der Waals surface area contributed by atoms with E-state index in [-0.39, 0.29) is 24.5 Å². The Morgan fingerprint density at radius 2 is 2.04 bits per heavy atom. The minimum atomic E-state index is -4.56. The van der Waals surface area contributed by atoms with E-state index in [1.807, 2.05) is 0 Å². The highest BCUT2D eigenvalue weighted by Gasteiger charge is 2.33. The molecule has 0 spiro atoms. The first-order valence-corrected chi connectivity index (χ1v) is 7.60. The Bertz CT molecular complexity index is 615. The highest BCUT2D eigenvalue weighted by atomic mass is 35.5. The summed E-state index contributed by atoms with van der Waals surface area (Å²) in [6.45, 7) is 2.26. The van der Waals surface area contributed by atoms with Crippen LogP contribution in [0.25, 0.3) is 6.08 Å². The SMILES string of the molecule is CCOC(=O)CCCNC(=O)/C=C/c1ccc(Cl)c(C(F)(F)F)c1. The largest absolute Gasteiger partial charge is 0.466 e. The zero-order valence-electron chi connectivity index (χ0n) is 13.0. The monoisotopic (exact) mass is 363 g/mol. The molecule has 0 saturated carbocycles. The standard InChI is InChI=1S/C16H17ClF3NO3/c1-2-24-15(23)4-3-9-21-14(22)8-6-11-5-7-13(17)12(10-11)16(18,19)20/h5-8,10H,2-4,9H2,1H3,(H,21,22)/b8-6+. The van der Waals surface area contributed by atoms with Gasteiger partial charge in [0.15, 0.2) is 0 Å². The molecule has 0 radical (unpaired) electrons. The van der Waals surface area contributed by atoms with Gasteiger partial charge in [0, 0.05) is 19.0 Å². The summed E-state index contributed by atoms with van der Waals surface area (Å²) in [5, 5.41) is 2.12. The molecule has 24 heavy (non-hydrogen) atoms. The molecule has 0 aliphatic rings. The highest BCUT2D eigenvalue weighted by Crippen LogP contribution is 2.35. The van der Waals surface area contributed by atoms with Crippen molar-refractivity contribution in [1.82, 2.24) is 5.32 Å². The predicted molar refractivity (Wildman–Crippen MR) is 84.4 cm³/mol. The molecule has 0 bridgehead atoms. The lowest BCUT2D eigenvalue weighted by atomic mass is 10.1. The lowest BCUT2D eigenvalue weighted by Gasteiger charge is -2.09. The van der Waals surface area contributed by atoms with Crippen LogP contribution in [0, 0.1) is 0 Å². The van der Waals surface area contributed by atoms with Crippen molar-refractivity contribution < 1.29 is 27.5 Å². The van der Waals surface area contributed by atoms with Crippen LogP contribution >= 0.6 is 11.6 Å². The van der Waals surface area contributed by atoms with E-state index in [9.17, 15) is 22.8 Å². The van der Waals surface area contributed by atoms with Gasteiger partial charge in [-0.25, -0.2) is 0 Å². The fourth-order valence-electron chi connectivity index (χ4n) is 1.77. The van der Waals surface area contributed by atoms with Crippen molar-refractivity contribution in [1.29, 1.82) is 0 Å². The van der Waals surface area contributed by atoms with Gasteiger partial charge in [-0.1, -0.05) is 17.7 Å². The maximum absolute atomic E-state index is 12.7. The molecular formula is C16H17ClF3NO3. The maximum Gasteiger partial charge on any atom is 0.417 e. The number of carbonyl (C=O) groups excluding carboxylic acids is 2. The van der Waals surface area contributed by atoms with E-state index in [2.05, 4.69) is 5.32 Å². The normalized spacial score (nSPS) is 11.5. The number of amides is 1. The third-order valence-corrected chi connectivity index (χ3v) is 3.21. The first kappa shape index (κ1) is 20.0. The van der Waals surface area contributed by atoms with E-state index in [4.69, 9.17) is 16.3 Å². The summed E-state index contributed by atoms with van der Waals surface area (Å²) < 4.78 is 42.9. The number of alkyl halides is 3. The van der Waals surface area contributed by atoms with Crippen LogP contribution in [0.1, 0.15) is 30.9 Å². The van der Waals surface area contributed by atoms with Gasteiger partial charge in [-0.15, -0.1) is 0 Å². The van der Waals surface area contributed by atoms with Crippen molar-refractivity contribution in [3.05, 3.63) is 40.4 Å². The fraction of sp³-hybridized carbons (Fsp3) is 0.375. The summed E-state index contributed by atoms with van der Waals surface area (Å²) >= 11 is 5.51. The Morgan fingerprint density at radius 1 is 1.33 bits per heavy atom. The number of nitrogens with one attached hydrogen (secondary N) is 1. The number of hydrogen-bond donors (Lipinski definition) is 1. The summed E-state index contributed by atoms with van der Waals surface area (Å²) in [7, 11) is 0. The van der Waals surface area contributed by atoms with Gasteiger partial charge in [0.05, 0.1) is 17.2 Å². The fourth-order valence-corrected chi connectivity index (χ4v) is 2.00. The molecule has 132 valence electrons. The third-order valence-electron chi connectivity index (χ3n) is 2.89. The van der Waals surface area contributed by atoms with Crippen molar-refractivity contribution in [2.24, 2.45) is 0 Å². The van der Waals surface area contributed by atoms with Crippen LogP contribution in [0.3, 0.4) is 0 Å². The molecule has 0 aliphatic carbocycles. The summed E-state index contributed by atoms with van der Waals surface area (Å²) in [4.78, 5) is 22.7. The topological polar surface area (TPSA) is 55.4 Å². The highest BCUT2D eigenvalue weighted by molar-refractivity contribution is 6.31. The lowest BCUT2D eigenvalue weighted by molar-refractivity contribution is -0.143. The first-order valence-electron chi connectivity index (χ1n) is 7.22. The van der Waals surface area contributed by atoms with Gasteiger partial charge in [-0.2, -0.15) is 13.2 Å². The third kappa shape index (κ3) is 7.04. The number of hydrogen-bond acceptors (Lipinski definition) is 3. The Morgan fingerprint density at radius 3 is 2.67 bits per heavy atom. The minimum Gasteiger partial charge on any atom is -0.466 e. The number of rotatable bonds is 7. The van der Waals surface area contributed by atoms with Gasteiger partial charge in [-0.3, -0.25) is 9.59 Å². The van der Waals surface area contributed by atoms with Crippen molar-refractivity contribution in [3.63, 3.8) is 0 Å². The lowest BCUT2D eigenvalue weighted by Crippen LogP contribution is -2.22. The van der Waals surface area contributed by atoms with Crippen LogP contribution in [0.4, 0.5) is 13.2 Å². The summed E-state index contributed by atoms with van der Waals surface area (Å²) in [6.07, 6.45) is -1.59. The van der Waals surface area contributed by atoms with Crippen molar-refractivity contribution in [3.8, 4) is 0 Å². The second-order valence-corrected chi connectivity index (χ2v) is 5.18. The molecule has 1 rings (SSSR count). The van der Waals surface area contributed by atoms with Gasteiger partial charge < -0.3 is 10.1 Å². The second-order valence-electron chi connectivity index (χ2n) is 4.77. The van der Waals surface area contributed by atoms with Crippen molar-refractivity contribution >= 4 is 29.6 Å². The van der Waals surface area contributed by atoms with Gasteiger partial charge in [0.25, 0.3) is 0 Å². The second kappa shape index (κ2) is 9.32. The summed E-state index contributed by atoms with van der Waals surface area (Å²) in [6, 6.07) is 3.37. The predicted octanol–water partition coefficient (Wildman–Crippen LogP) is 3.83. The van der Waals surface area contributed by atoms with E-state index in [0.717, 1.165) is 18.2 Å². The van der Waals surface area contributed by atoms with Crippen LogP contribution in [0.5, 0.6) is 0 Å². The number of carbonyl (C=O) groups is 2. The molecule has 4 nitrogen and oxygen atoms in total. The van der Waals surface area contributed by atoms with Crippen LogP contribution in [-0.2, 0) is 20.5 Å². The Hall–Kier alpha value is -2.02. The molecule has 0 unspecified atom stereocenters. The van der Waals surface area contributed by atoms with Crippen LogP contribution in [0.15, 0.2) is 24.3 Å². The van der Waals surface area contributed by atoms with E-state index in [0.29, 0.717) is 13.0 Å². The first-order chi connectivity index (χ1) is 11.2. The smallest absolute Gasteiger partial charge is 0.417 e. The average Bonchev–Trinajstić information content (AvgIpc) is 2.50. The molecule has 0 aliphatic heterocycles. The van der Waals surface area contributed by atoms with Crippen LogP contribution in [-0.4, -0.2) is 25.0 Å². The van der Waals surface area contributed by atoms with E-state index in [1.54, 1.807) is 6.92 Å². The van der Waals surface area contributed by atoms with Gasteiger partial charge in [0.1, 0.15) is 0 Å². The molecule has 1 amide bonds. The number of benzene rings is 1. The molecule has 1 aromatic carbocycles. The van der Waals surface area contributed by atoms with Crippen molar-refractivity contribution in [2.45, 2.75) is 25.9 Å². The minimum absolute atomic E-state index is 0.184. The van der Waals surface area contributed by atoms with E-state index >= 15 is 0 Å². The van der Waals surface area contributed by atoms with E-state index < -0.39 is 22.7 Å². The van der Waals surface area contributed by atoms with Gasteiger partial charge >= 0.3 is 12.1 Å². The Kier molecular flexibility index (Phi) is 7.78. The number of esters is 1. The number of ether oxygens (including phenoxy) is 1. The molecule has 0 fully saturated rings. The van der Waals surface area contributed by atoms with Crippen LogP contribution in [0.2, 0.25) is 5.02 Å². The summed E-state index contributed by atoms with van der Waals surface area (Å²) in [5.74, 6) is -0.814. The summed E-state index contributed by atoms with van der Waals surface area (Å²) in [5.41, 5.74) is -0.755. The van der Waals surface area contributed by atoms with E-state index in [1.165, 1.54) is 12.1 Å². The van der Waals surface area contributed by atoms with Gasteiger partial charge in [-0.05, 0) is 37.1 Å². The molecule has 1 aromatic rings. The molecule has 0 atom stereocenters. The zero-order chi connectivity index (χ0) is 18.2. The Balaban J connectivity index is 2.51. The molecule has 0 heterocycles. The van der Waals surface area contributed by atoms with Crippen molar-refractivity contribution in [2.75, 3.05) is 13.2 Å². The van der Waals surface area contributed by atoms with Gasteiger partial charge in [0.2, 0.25) is 5.91 Å². The maximum atomic E-state index is 12.7. The quantitative estimate of drug-likeness (QED) is 0.455. The average molecular weight is 364 g/mol. The molecule has 8 heteroatoms. The molecule has 1 N–H and O–H groups in total. The molecule has 0 saturated heterocycles. The molecular weight excluding hydrogens is 347 g/mol. The zero-order valence-corrected chi connectivity index (χ0v) is 13.7. The Labute approximate surface area is 142 Å². The number of halogens is 4. The van der Waals surface area contributed by atoms with Crippen LogP contribution < -0.4 is 5.32 Å². The molecule has 0 aromatic heterocycles.